The molecule has 0 spiro atoms. The van der Waals surface area contributed by atoms with E-state index in [0.717, 1.165) is 42.5 Å². The maximum atomic E-state index is 13.2. The van der Waals surface area contributed by atoms with Gasteiger partial charge in [-0.05, 0) is 86.8 Å². The second kappa shape index (κ2) is 11.2. The van der Waals surface area contributed by atoms with Crippen molar-refractivity contribution >= 4 is 17.7 Å². The number of fused-ring (bicyclic) bond motifs is 1. The fraction of sp³-hybridized carbons (Fsp3) is 0.300. The molecule has 0 saturated carbocycles. The summed E-state index contributed by atoms with van der Waals surface area (Å²) in [5, 5.41) is 3.06. The molecule has 0 radical (unpaired) electrons. The lowest BCUT2D eigenvalue weighted by atomic mass is 9.97. The second-order valence-corrected chi connectivity index (χ2v) is 9.27. The van der Waals surface area contributed by atoms with Gasteiger partial charge >= 0.3 is 0 Å². The summed E-state index contributed by atoms with van der Waals surface area (Å²) in [6.45, 7) is 3.42. The third kappa shape index (κ3) is 6.31. The van der Waals surface area contributed by atoms with Crippen molar-refractivity contribution < 1.29 is 14.3 Å². The van der Waals surface area contributed by atoms with Gasteiger partial charge in [0.2, 0.25) is 0 Å². The van der Waals surface area contributed by atoms with Crippen LogP contribution in [0.25, 0.3) is 17.2 Å². The predicted molar refractivity (Wildman–Crippen MR) is 143 cm³/mol. The van der Waals surface area contributed by atoms with Gasteiger partial charge in [0.25, 0.3) is 5.91 Å². The first-order valence-corrected chi connectivity index (χ1v) is 12.1. The van der Waals surface area contributed by atoms with Gasteiger partial charge in [0.15, 0.2) is 11.5 Å². The molecule has 5 nitrogen and oxygen atoms in total. The van der Waals surface area contributed by atoms with Gasteiger partial charge in [-0.3, -0.25) is 4.79 Å². The smallest absolute Gasteiger partial charge is 0.251 e. The summed E-state index contributed by atoms with van der Waals surface area (Å²) in [5.74, 6) is 1.19. The summed E-state index contributed by atoms with van der Waals surface area (Å²) in [4.78, 5) is 15.3. The van der Waals surface area contributed by atoms with Crippen molar-refractivity contribution in [2.24, 2.45) is 0 Å². The number of carbonyl (C=O) groups excluding carboxylic acids is 1. The first-order valence-electron chi connectivity index (χ1n) is 12.1. The Labute approximate surface area is 208 Å². The number of aryl methyl sites for hydroxylation is 2. The van der Waals surface area contributed by atoms with E-state index in [9.17, 15) is 4.79 Å². The summed E-state index contributed by atoms with van der Waals surface area (Å²) in [7, 11) is 5.62. The molecule has 0 saturated heterocycles. The molecule has 1 amide bonds. The van der Waals surface area contributed by atoms with Gasteiger partial charge in [0.05, 0.1) is 7.11 Å². The summed E-state index contributed by atoms with van der Waals surface area (Å²) >= 11 is 0. The number of carbonyl (C=O) groups is 1. The number of amides is 1. The molecule has 0 heterocycles. The van der Waals surface area contributed by atoms with Crippen LogP contribution in [-0.2, 0) is 11.2 Å². The van der Waals surface area contributed by atoms with E-state index in [0.29, 0.717) is 23.8 Å². The lowest BCUT2D eigenvalue weighted by Gasteiger charge is -2.15. The quantitative estimate of drug-likeness (QED) is 0.441. The monoisotopic (exact) mass is 470 g/mol. The number of anilines is 1. The number of ether oxygens (including phenoxy) is 2. The molecule has 0 unspecified atom stereocenters. The average Bonchev–Trinajstić information content (AvgIpc) is 3.06. The Balaban J connectivity index is 1.54. The Bertz CT molecular complexity index is 1210. The molecule has 0 bridgehead atoms. The number of nitrogens with one attached hydrogen (secondary N) is 1. The van der Waals surface area contributed by atoms with E-state index in [2.05, 4.69) is 59.6 Å². The van der Waals surface area contributed by atoms with Gasteiger partial charge in [0.1, 0.15) is 6.61 Å². The Hall–Kier alpha value is -3.57. The van der Waals surface area contributed by atoms with Gasteiger partial charge in [-0.2, -0.15) is 0 Å². The minimum Gasteiger partial charge on any atom is -0.493 e. The van der Waals surface area contributed by atoms with Crippen LogP contribution in [0.5, 0.6) is 11.5 Å². The van der Waals surface area contributed by atoms with Crippen LogP contribution in [0.3, 0.4) is 0 Å². The maximum absolute atomic E-state index is 13.2. The first-order chi connectivity index (χ1) is 16.9. The number of hydrogen-bond acceptors (Lipinski definition) is 4. The fourth-order valence-electron chi connectivity index (χ4n) is 4.21. The van der Waals surface area contributed by atoms with Crippen molar-refractivity contribution in [1.82, 2.24) is 4.90 Å². The van der Waals surface area contributed by atoms with E-state index in [-0.39, 0.29) is 5.91 Å². The molecule has 0 aliphatic heterocycles. The number of methoxy groups -OCH3 is 1. The van der Waals surface area contributed by atoms with Gasteiger partial charge in [-0.25, -0.2) is 0 Å². The summed E-state index contributed by atoms with van der Waals surface area (Å²) in [5.41, 5.74) is 7.47. The van der Waals surface area contributed by atoms with Gasteiger partial charge < -0.3 is 19.7 Å². The van der Waals surface area contributed by atoms with Gasteiger partial charge in [-0.15, -0.1) is 0 Å². The zero-order valence-corrected chi connectivity index (χ0v) is 21.1. The molecule has 5 heteroatoms. The van der Waals surface area contributed by atoms with E-state index in [1.807, 2.05) is 38.4 Å². The average molecular weight is 471 g/mol. The maximum Gasteiger partial charge on any atom is 0.251 e. The number of hydrogen-bond donors (Lipinski definition) is 1. The van der Waals surface area contributed by atoms with Crippen molar-refractivity contribution in [2.75, 3.05) is 39.7 Å². The molecule has 4 rings (SSSR count). The largest absolute Gasteiger partial charge is 0.493 e. The van der Waals surface area contributed by atoms with E-state index in [4.69, 9.17) is 9.47 Å². The van der Waals surface area contributed by atoms with Crippen LogP contribution in [0, 0.1) is 6.92 Å². The Morgan fingerprint density at radius 2 is 1.71 bits per heavy atom. The van der Waals surface area contributed by atoms with Crippen LogP contribution in [0.4, 0.5) is 5.69 Å². The molecule has 0 atom stereocenters. The third-order valence-electron chi connectivity index (χ3n) is 6.26. The molecule has 182 valence electrons. The highest BCUT2D eigenvalue weighted by Gasteiger charge is 2.17. The van der Waals surface area contributed by atoms with Crippen LogP contribution >= 0.6 is 0 Å². The van der Waals surface area contributed by atoms with Gasteiger partial charge in [-0.1, -0.05) is 42.0 Å². The predicted octanol–water partition coefficient (Wildman–Crippen LogP) is 5.97. The van der Waals surface area contributed by atoms with Crippen LogP contribution in [0.1, 0.15) is 29.5 Å². The molecule has 0 fully saturated rings. The lowest BCUT2D eigenvalue weighted by molar-refractivity contribution is -0.112. The Morgan fingerprint density at radius 1 is 0.943 bits per heavy atom. The Morgan fingerprint density at radius 3 is 2.46 bits per heavy atom. The zero-order chi connectivity index (χ0) is 24.8. The van der Waals surface area contributed by atoms with Crippen LogP contribution in [0.2, 0.25) is 0 Å². The lowest BCUT2D eigenvalue weighted by Crippen LogP contribution is -2.19. The highest BCUT2D eigenvalue weighted by Crippen LogP contribution is 2.32. The highest BCUT2D eigenvalue weighted by atomic mass is 16.5. The molecule has 3 aromatic carbocycles. The normalized spacial score (nSPS) is 13.0. The minimum absolute atomic E-state index is 0.0806. The molecule has 35 heavy (non-hydrogen) atoms. The van der Waals surface area contributed by atoms with Crippen molar-refractivity contribution in [3.05, 3.63) is 82.9 Å². The molecular formula is C30H34N2O3. The molecule has 1 aliphatic rings. The SMILES string of the molecule is COc1ccc(NC(=O)C2=Cc3cc(-c4ccc(C)cc4)ccc3CCC2)cc1OCCN(C)C. The van der Waals surface area contributed by atoms with Crippen LogP contribution < -0.4 is 14.8 Å². The van der Waals surface area contributed by atoms with E-state index >= 15 is 0 Å². The summed E-state index contributed by atoms with van der Waals surface area (Å²) in [6.07, 6.45) is 4.69. The Kier molecular flexibility index (Phi) is 7.88. The zero-order valence-electron chi connectivity index (χ0n) is 21.1. The van der Waals surface area contributed by atoms with E-state index in [1.165, 1.54) is 16.7 Å². The minimum atomic E-state index is -0.0806. The topological polar surface area (TPSA) is 50.8 Å². The fourth-order valence-corrected chi connectivity index (χ4v) is 4.21. The number of likely N-dealkylation sites (N-methyl/N-ethyl adjacent to an activating group) is 1. The van der Waals surface area contributed by atoms with Crippen LogP contribution in [-0.4, -0.2) is 45.2 Å². The number of benzene rings is 3. The summed E-state index contributed by atoms with van der Waals surface area (Å²) < 4.78 is 11.3. The van der Waals surface area contributed by atoms with E-state index < -0.39 is 0 Å². The molecular weight excluding hydrogens is 436 g/mol. The molecule has 1 aliphatic carbocycles. The highest BCUT2D eigenvalue weighted by molar-refractivity contribution is 6.07. The van der Waals surface area contributed by atoms with Gasteiger partial charge in [0, 0.05) is 23.9 Å². The molecule has 1 N–H and O–H groups in total. The number of nitrogens with zero attached hydrogens (tertiary/aromatic N) is 1. The third-order valence-corrected chi connectivity index (χ3v) is 6.26. The number of rotatable bonds is 8. The van der Waals surface area contributed by atoms with Crippen molar-refractivity contribution in [1.29, 1.82) is 0 Å². The molecule has 0 aromatic heterocycles. The summed E-state index contributed by atoms with van der Waals surface area (Å²) in [6, 6.07) is 20.6. The standard InChI is InChI=1S/C30H34N2O3/c1-21-8-10-23(11-9-21)24-13-12-22-6-5-7-25(19-26(22)18-24)30(33)31-27-14-15-28(34-4)29(20-27)35-17-16-32(2)3/h8-15,18-20H,5-7,16-17H2,1-4H3,(H,31,33). The van der Waals surface area contributed by atoms with Crippen molar-refractivity contribution in [3.8, 4) is 22.6 Å². The van der Waals surface area contributed by atoms with Crippen molar-refractivity contribution in [3.63, 3.8) is 0 Å². The van der Waals surface area contributed by atoms with Crippen LogP contribution in [0.15, 0.2) is 66.2 Å². The van der Waals surface area contributed by atoms with E-state index in [1.54, 1.807) is 7.11 Å². The first kappa shape index (κ1) is 24.6. The second-order valence-electron chi connectivity index (χ2n) is 9.27. The molecule has 3 aromatic rings. The van der Waals surface area contributed by atoms with Crippen molar-refractivity contribution in [2.45, 2.75) is 26.2 Å².